The maximum absolute atomic E-state index is 11.4. The lowest BCUT2D eigenvalue weighted by molar-refractivity contribution is -0.138. The summed E-state index contributed by atoms with van der Waals surface area (Å²) in [5, 5.41) is 9.34. The minimum absolute atomic E-state index is 0.329. The number of aliphatic carboxylic acids is 1. The Bertz CT molecular complexity index is 1190. The second-order valence-electron chi connectivity index (χ2n) is 9.21. The van der Waals surface area contributed by atoms with Gasteiger partial charge in [0.2, 0.25) is 0 Å². The van der Waals surface area contributed by atoms with Crippen LogP contribution in [0.1, 0.15) is 28.7 Å². The third kappa shape index (κ3) is 8.20. The minimum atomic E-state index is -0.997. The Morgan fingerprint density at radius 3 is 1.55 bits per heavy atom. The standard InChI is InChI=1S/C32H34N2O4/c33-29(32(35)36)19-20-34(21-27-15-7-9-17-30(27)37-23-25-11-3-1-4-12-25)22-28-16-8-10-18-31(28)38-24-26-13-5-2-6-14-26/h1-18,29H,19-24,33H2,(H,35,36). The average Bonchev–Trinajstić information content (AvgIpc) is 2.95. The van der Waals surface area contributed by atoms with Crippen LogP contribution in [-0.4, -0.2) is 28.6 Å². The van der Waals surface area contributed by atoms with Crippen LogP contribution in [0, 0.1) is 0 Å². The molecule has 6 heteroatoms. The van der Waals surface area contributed by atoms with Crippen molar-refractivity contribution in [3.63, 3.8) is 0 Å². The normalized spacial score (nSPS) is 11.7. The summed E-state index contributed by atoms with van der Waals surface area (Å²) in [4.78, 5) is 13.6. The molecule has 196 valence electrons. The second-order valence-corrected chi connectivity index (χ2v) is 9.21. The lowest BCUT2D eigenvalue weighted by Crippen LogP contribution is -2.35. The largest absolute Gasteiger partial charge is 0.489 e. The Morgan fingerprint density at radius 2 is 1.11 bits per heavy atom. The fraction of sp³-hybridized carbons (Fsp3) is 0.219. The first-order valence-corrected chi connectivity index (χ1v) is 12.8. The van der Waals surface area contributed by atoms with Crippen LogP contribution in [0.15, 0.2) is 109 Å². The van der Waals surface area contributed by atoms with E-state index in [0.29, 0.717) is 39.3 Å². The number of rotatable bonds is 14. The van der Waals surface area contributed by atoms with Crippen molar-refractivity contribution in [3.05, 3.63) is 131 Å². The topological polar surface area (TPSA) is 85.0 Å². The highest BCUT2D eigenvalue weighted by Gasteiger charge is 2.17. The number of ether oxygens (including phenoxy) is 2. The van der Waals surface area contributed by atoms with Crippen molar-refractivity contribution in [1.82, 2.24) is 4.90 Å². The van der Waals surface area contributed by atoms with Gasteiger partial charge in [-0.05, 0) is 29.7 Å². The first kappa shape index (κ1) is 26.9. The van der Waals surface area contributed by atoms with Gasteiger partial charge in [-0.3, -0.25) is 9.69 Å². The smallest absolute Gasteiger partial charge is 0.320 e. The molecule has 0 bridgehead atoms. The van der Waals surface area contributed by atoms with Crippen molar-refractivity contribution in [2.45, 2.75) is 38.8 Å². The molecule has 4 rings (SSSR count). The number of hydrogen-bond donors (Lipinski definition) is 2. The van der Waals surface area contributed by atoms with E-state index in [9.17, 15) is 9.90 Å². The minimum Gasteiger partial charge on any atom is -0.489 e. The Kier molecular flexibility index (Phi) is 9.90. The fourth-order valence-corrected chi connectivity index (χ4v) is 4.16. The quantitative estimate of drug-likeness (QED) is 0.228. The number of carbonyl (C=O) groups is 1. The zero-order valence-corrected chi connectivity index (χ0v) is 21.4. The molecule has 0 saturated carbocycles. The summed E-state index contributed by atoms with van der Waals surface area (Å²) >= 11 is 0. The van der Waals surface area contributed by atoms with E-state index < -0.39 is 12.0 Å². The van der Waals surface area contributed by atoms with Crippen molar-refractivity contribution in [3.8, 4) is 11.5 Å². The first-order chi connectivity index (χ1) is 18.6. The van der Waals surface area contributed by atoms with Crippen LogP contribution < -0.4 is 15.2 Å². The van der Waals surface area contributed by atoms with Crippen LogP contribution in [0.25, 0.3) is 0 Å². The van der Waals surface area contributed by atoms with E-state index in [2.05, 4.69) is 4.90 Å². The molecule has 0 aliphatic carbocycles. The van der Waals surface area contributed by atoms with Crippen molar-refractivity contribution >= 4 is 5.97 Å². The molecule has 38 heavy (non-hydrogen) atoms. The van der Waals surface area contributed by atoms with Gasteiger partial charge in [-0.1, -0.05) is 97.1 Å². The van der Waals surface area contributed by atoms with E-state index in [1.54, 1.807) is 0 Å². The summed E-state index contributed by atoms with van der Waals surface area (Å²) in [6.07, 6.45) is 0.329. The highest BCUT2D eigenvalue weighted by Crippen LogP contribution is 2.25. The molecule has 0 aliphatic heterocycles. The van der Waals surface area contributed by atoms with Crippen LogP contribution in [0.2, 0.25) is 0 Å². The van der Waals surface area contributed by atoms with E-state index in [0.717, 1.165) is 33.8 Å². The molecule has 0 fully saturated rings. The third-order valence-corrected chi connectivity index (χ3v) is 6.28. The molecule has 0 aromatic heterocycles. The van der Waals surface area contributed by atoms with E-state index >= 15 is 0 Å². The molecule has 0 spiro atoms. The zero-order chi connectivity index (χ0) is 26.6. The summed E-state index contributed by atoms with van der Waals surface area (Å²) in [5.74, 6) is 0.609. The zero-order valence-electron chi connectivity index (χ0n) is 21.4. The van der Waals surface area contributed by atoms with E-state index in [-0.39, 0.29) is 0 Å². The molecule has 1 unspecified atom stereocenters. The van der Waals surface area contributed by atoms with Gasteiger partial charge in [0.25, 0.3) is 0 Å². The highest BCUT2D eigenvalue weighted by atomic mass is 16.5. The number of carboxylic acid groups (broad SMARTS) is 1. The van der Waals surface area contributed by atoms with Gasteiger partial charge >= 0.3 is 5.97 Å². The molecular formula is C32H34N2O4. The molecule has 0 aliphatic rings. The summed E-state index contributed by atoms with van der Waals surface area (Å²) in [6, 6.07) is 35.1. The van der Waals surface area contributed by atoms with Gasteiger partial charge in [0.15, 0.2) is 0 Å². The fourth-order valence-electron chi connectivity index (χ4n) is 4.16. The summed E-state index contributed by atoms with van der Waals surface area (Å²) in [6.45, 7) is 2.60. The molecule has 1 atom stereocenters. The van der Waals surface area contributed by atoms with Gasteiger partial charge in [-0.25, -0.2) is 0 Å². The summed E-state index contributed by atoms with van der Waals surface area (Å²) < 4.78 is 12.4. The Balaban J connectivity index is 1.50. The highest BCUT2D eigenvalue weighted by molar-refractivity contribution is 5.73. The Hall–Kier alpha value is -4.13. The number of para-hydroxylation sites is 2. The SMILES string of the molecule is NC(CCN(Cc1ccccc1OCc1ccccc1)Cc1ccccc1OCc1ccccc1)C(=O)O. The van der Waals surface area contributed by atoms with Crippen molar-refractivity contribution < 1.29 is 19.4 Å². The molecule has 3 N–H and O–H groups in total. The predicted octanol–water partition coefficient (Wildman–Crippen LogP) is 5.65. The lowest BCUT2D eigenvalue weighted by Gasteiger charge is -2.25. The van der Waals surface area contributed by atoms with E-state index in [1.807, 2.05) is 109 Å². The molecule has 0 saturated heterocycles. The molecule has 4 aromatic carbocycles. The van der Waals surface area contributed by atoms with Gasteiger partial charge in [-0.2, -0.15) is 0 Å². The molecule has 0 amide bonds. The van der Waals surface area contributed by atoms with Gasteiger partial charge in [0, 0.05) is 30.8 Å². The van der Waals surface area contributed by atoms with Crippen molar-refractivity contribution in [1.29, 1.82) is 0 Å². The van der Waals surface area contributed by atoms with Crippen LogP contribution in [0.5, 0.6) is 11.5 Å². The lowest BCUT2D eigenvalue weighted by atomic mass is 10.1. The van der Waals surface area contributed by atoms with Gasteiger partial charge in [0.1, 0.15) is 30.8 Å². The number of nitrogens with zero attached hydrogens (tertiary/aromatic N) is 1. The van der Waals surface area contributed by atoms with Crippen LogP contribution in [-0.2, 0) is 31.1 Å². The van der Waals surface area contributed by atoms with E-state index in [4.69, 9.17) is 15.2 Å². The van der Waals surface area contributed by atoms with Gasteiger partial charge in [-0.15, -0.1) is 0 Å². The molecule has 6 nitrogen and oxygen atoms in total. The Morgan fingerprint density at radius 1 is 0.684 bits per heavy atom. The van der Waals surface area contributed by atoms with Gasteiger partial charge < -0.3 is 20.3 Å². The van der Waals surface area contributed by atoms with E-state index in [1.165, 1.54) is 0 Å². The monoisotopic (exact) mass is 510 g/mol. The van der Waals surface area contributed by atoms with Crippen LogP contribution >= 0.6 is 0 Å². The van der Waals surface area contributed by atoms with Gasteiger partial charge in [0.05, 0.1) is 0 Å². The van der Waals surface area contributed by atoms with Crippen LogP contribution in [0.3, 0.4) is 0 Å². The van der Waals surface area contributed by atoms with Crippen molar-refractivity contribution in [2.75, 3.05) is 6.54 Å². The molecule has 0 heterocycles. The summed E-state index contributed by atoms with van der Waals surface area (Å²) in [5.41, 5.74) is 10.1. The molecule has 4 aromatic rings. The maximum atomic E-state index is 11.4. The Labute approximate surface area is 224 Å². The number of benzene rings is 4. The first-order valence-electron chi connectivity index (χ1n) is 12.8. The molecule has 0 radical (unpaired) electrons. The summed E-state index contributed by atoms with van der Waals surface area (Å²) in [7, 11) is 0. The number of hydrogen-bond acceptors (Lipinski definition) is 5. The predicted molar refractivity (Wildman–Crippen MR) is 149 cm³/mol. The average molecular weight is 511 g/mol. The van der Waals surface area contributed by atoms with Crippen molar-refractivity contribution in [2.24, 2.45) is 5.73 Å². The molecular weight excluding hydrogens is 476 g/mol. The maximum Gasteiger partial charge on any atom is 0.320 e. The van der Waals surface area contributed by atoms with Crippen LogP contribution in [0.4, 0.5) is 0 Å². The number of nitrogens with two attached hydrogens (primary N) is 1. The second kappa shape index (κ2) is 14.0. The number of carboxylic acids is 1. The third-order valence-electron chi connectivity index (χ3n) is 6.28.